The Kier molecular flexibility index (Phi) is 4.34. The van der Waals surface area contributed by atoms with Crippen LogP contribution in [0.5, 0.6) is 0 Å². The fourth-order valence-corrected chi connectivity index (χ4v) is 0.744. The number of amides is 1. The fourth-order valence-electron chi connectivity index (χ4n) is 0.744. The minimum Gasteiger partial charge on any atom is -0.378 e. The highest BCUT2D eigenvalue weighted by Crippen LogP contribution is 1.95. The Morgan fingerprint density at radius 1 is 1.45 bits per heavy atom. The molecule has 3 heteroatoms. The zero-order valence-electron chi connectivity index (χ0n) is 7.42. The second kappa shape index (κ2) is 4.77. The highest BCUT2D eigenvalue weighted by molar-refractivity contribution is 5.91. The first-order valence-corrected chi connectivity index (χ1v) is 3.84. The van der Waals surface area contributed by atoms with Gasteiger partial charge >= 0.3 is 0 Å². The summed E-state index contributed by atoms with van der Waals surface area (Å²) in [5.41, 5.74) is 5.67. The monoisotopic (exact) mass is 156 g/mol. The molecule has 11 heavy (non-hydrogen) atoms. The lowest BCUT2D eigenvalue weighted by Gasteiger charge is -2.15. The van der Waals surface area contributed by atoms with Crippen LogP contribution in [-0.2, 0) is 4.79 Å². The summed E-state index contributed by atoms with van der Waals surface area (Å²) in [4.78, 5) is 12.6. The van der Waals surface area contributed by atoms with Crippen molar-refractivity contribution in [3.05, 3.63) is 11.8 Å². The quantitative estimate of drug-likeness (QED) is 0.609. The van der Waals surface area contributed by atoms with Crippen molar-refractivity contribution in [1.82, 2.24) is 4.90 Å². The number of nitrogens with two attached hydrogens (primary N) is 1. The van der Waals surface area contributed by atoms with Crippen molar-refractivity contribution in [3.63, 3.8) is 0 Å². The Hall–Kier alpha value is -0.990. The molecule has 0 aromatic carbocycles. The number of nitrogens with zero attached hydrogens (tertiary/aromatic N) is 1. The van der Waals surface area contributed by atoms with E-state index in [0.717, 1.165) is 13.1 Å². The maximum Gasteiger partial charge on any atom is 0.245 e. The van der Waals surface area contributed by atoms with Gasteiger partial charge in [0.15, 0.2) is 0 Å². The van der Waals surface area contributed by atoms with Gasteiger partial charge in [-0.15, -0.1) is 0 Å². The third-order valence-electron chi connectivity index (χ3n) is 1.58. The van der Waals surface area contributed by atoms with E-state index in [4.69, 9.17) is 5.73 Å². The van der Waals surface area contributed by atoms with Crippen molar-refractivity contribution >= 4 is 5.91 Å². The van der Waals surface area contributed by atoms with Gasteiger partial charge in [-0.2, -0.15) is 0 Å². The average molecular weight is 156 g/mol. The number of carbonyl (C=O) groups excluding carboxylic acids is 1. The minimum absolute atomic E-state index is 0.350. The number of hydrogen-bond acceptors (Lipinski definition) is 2. The summed E-state index contributed by atoms with van der Waals surface area (Å²) < 4.78 is 0. The van der Waals surface area contributed by atoms with Crippen molar-refractivity contribution in [2.75, 3.05) is 13.1 Å². The van der Waals surface area contributed by atoms with Gasteiger partial charge in [0, 0.05) is 24.9 Å². The van der Waals surface area contributed by atoms with Crippen LogP contribution in [0, 0.1) is 0 Å². The van der Waals surface area contributed by atoms with E-state index in [1.807, 2.05) is 18.7 Å². The molecule has 0 rings (SSSR count). The molecular formula is C8H16N2O. The van der Waals surface area contributed by atoms with Crippen LogP contribution >= 0.6 is 0 Å². The maximum absolute atomic E-state index is 10.6. The zero-order valence-corrected chi connectivity index (χ0v) is 7.42. The third-order valence-corrected chi connectivity index (χ3v) is 1.58. The van der Waals surface area contributed by atoms with Crippen LogP contribution in [-0.4, -0.2) is 23.9 Å². The van der Waals surface area contributed by atoms with Gasteiger partial charge in [0.05, 0.1) is 0 Å². The van der Waals surface area contributed by atoms with Crippen molar-refractivity contribution < 1.29 is 4.79 Å². The minimum atomic E-state index is -0.350. The number of primary amides is 1. The molecule has 0 fully saturated rings. The lowest BCUT2D eigenvalue weighted by molar-refractivity contribution is -0.114. The second-order valence-corrected chi connectivity index (χ2v) is 2.40. The van der Waals surface area contributed by atoms with Crippen molar-refractivity contribution in [2.45, 2.75) is 20.8 Å². The first-order chi connectivity index (χ1) is 5.11. The highest BCUT2D eigenvalue weighted by Gasteiger charge is 1.98. The summed E-state index contributed by atoms with van der Waals surface area (Å²) >= 11 is 0. The van der Waals surface area contributed by atoms with E-state index in [1.54, 1.807) is 13.1 Å². The van der Waals surface area contributed by atoms with Gasteiger partial charge in [0.2, 0.25) is 5.91 Å². The van der Waals surface area contributed by atoms with E-state index >= 15 is 0 Å². The number of rotatable bonds is 4. The Morgan fingerprint density at radius 3 is 2.18 bits per heavy atom. The average Bonchev–Trinajstić information content (AvgIpc) is 1.99. The largest absolute Gasteiger partial charge is 0.378 e. The molecular weight excluding hydrogens is 140 g/mol. The molecule has 64 valence electrons. The molecule has 0 atom stereocenters. The zero-order chi connectivity index (χ0) is 8.85. The highest BCUT2D eigenvalue weighted by atomic mass is 16.1. The molecule has 1 amide bonds. The van der Waals surface area contributed by atoms with Crippen LogP contribution in [0.2, 0.25) is 0 Å². The molecule has 0 saturated carbocycles. The van der Waals surface area contributed by atoms with Crippen LogP contribution in [0.1, 0.15) is 20.8 Å². The van der Waals surface area contributed by atoms with Gasteiger partial charge in [-0.1, -0.05) is 0 Å². The van der Waals surface area contributed by atoms with E-state index in [-0.39, 0.29) is 5.91 Å². The first-order valence-electron chi connectivity index (χ1n) is 3.84. The van der Waals surface area contributed by atoms with E-state index < -0.39 is 0 Å². The molecule has 0 bridgehead atoms. The molecule has 0 aliphatic heterocycles. The molecule has 0 radical (unpaired) electrons. The molecule has 0 aromatic rings. The Labute approximate surface area is 67.9 Å². The second-order valence-electron chi connectivity index (χ2n) is 2.40. The third kappa shape index (κ3) is 3.65. The summed E-state index contributed by atoms with van der Waals surface area (Å²) in [6, 6.07) is 0. The van der Waals surface area contributed by atoms with Gasteiger partial charge in [-0.05, 0) is 20.8 Å². The number of carbonyl (C=O) groups is 1. The van der Waals surface area contributed by atoms with Gasteiger partial charge in [-0.25, -0.2) is 0 Å². The molecule has 3 nitrogen and oxygen atoms in total. The molecule has 0 aliphatic carbocycles. The maximum atomic E-state index is 10.6. The van der Waals surface area contributed by atoms with E-state index in [1.165, 1.54) is 0 Å². The molecule has 2 N–H and O–H groups in total. The van der Waals surface area contributed by atoms with E-state index in [2.05, 4.69) is 0 Å². The Bertz CT molecular complexity index is 159. The fraction of sp³-hybridized carbons (Fsp3) is 0.625. The Balaban J connectivity index is 4.14. The molecule has 0 spiro atoms. The summed E-state index contributed by atoms with van der Waals surface area (Å²) in [5.74, 6) is -0.350. The van der Waals surface area contributed by atoms with Gasteiger partial charge < -0.3 is 10.6 Å². The van der Waals surface area contributed by atoms with Crippen LogP contribution in [0.4, 0.5) is 0 Å². The normalized spacial score (nSPS) is 11.4. The van der Waals surface area contributed by atoms with E-state index in [9.17, 15) is 4.79 Å². The molecule has 0 unspecified atom stereocenters. The first kappa shape index (κ1) is 10.0. The van der Waals surface area contributed by atoms with Crippen molar-refractivity contribution in [2.24, 2.45) is 5.73 Å². The van der Waals surface area contributed by atoms with Crippen LogP contribution in [0.15, 0.2) is 11.8 Å². The number of hydrogen-bond donors (Lipinski definition) is 1. The van der Waals surface area contributed by atoms with Crippen LogP contribution in [0.25, 0.3) is 0 Å². The van der Waals surface area contributed by atoms with Gasteiger partial charge in [0.1, 0.15) is 0 Å². The predicted octanol–water partition coefficient (Wildman–Crippen LogP) is 0.717. The van der Waals surface area contributed by atoms with Gasteiger partial charge in [-0.3, -0.25) is 4.79 Å². The Morgan fingerprint density at radius 2 is 1.91 bits per heavy atom. The summed E-state index contributed by atoms with van der Waals surface area (Å²) in [6.07, 6.45) is 1.79. The predicted molar refractivity (Wildman–Crippen MR) is 45.9 cm³/mol. The smallest absolute Gasteiger partial charge is 0.245 e. The van der Waals surface area contributed by atoms with Crippen molar-refractivity contribution in [3.8, 4) is 0 Å². The lowest BCUT2D eigenvalue weighted by Crippen LogP contribution is -2.20. The van der Waals surface area contributed by atoms with Crippen LogP contribution in [0.3, 0.4) is 0 Å². The topological polar surface area (TPSA) is 46.3 Å². The summed E-state index contributed by atoms with van der Waals surface area (Å²) in [5, 5.41) is 0. The summed E-state index contributed by atoms with van der Waals surface area (Å²) in [6.45, 7) is 7.60. The van der Waals surface area contributed by atoms with Gasteiger partial charge in [0.25, 0.3) is 0 Å². The molecule has 0 heterocycles. The summed E-state index contributed by atoms with van der Waals surface area (Å²) in [7, 11) is 0. The van der Waals surface area contributed by atoms with Crippen LogP contribution < -0.4 is 5.73 Å². The SMILES string of the molecule is CCN(/C=C(\C)C(N)=O)CC. The van der Waals surface area contributed by atoms with Crippen molar-refractivity contribution in [1.29, 1.82) is 0 Å². The molecule has 0 aliphatic rings. The molecule has 0 aromatic heterocycles. The standard InChI is InChI=1S/C8H16N2O/c1-4-10(5-2)6-7(3)8(9)11/h6H,4-5H2,1-3H3,(H2,9,11)/b7-6+. The van der Waals surface area contributed by atoms with E-state index in [0.29, 0.717) is 5.57 Å². The molecule has 0 saturated heterocycles. The lowest BCUT2D eigenvalue weighted by atomic mass is 10.3.